The molecule has 3 aromatic rings. The molecule has 3 rings (SSSR count). The smallest absolute Gasteiger partial charge is 0.289 e. The number of primary amides is 1. The zero-order chi connectivity index (χ0) is 19.4. The largest absolute Gasteiger partial charge is 0.494 e. The van der Waals surface area contributed by atoms with Gasteiger partial charge in [-0.3, -0.25) is 9.59 Å². The molecule has 5 nitrogen and oxygen atoms in total. The fourth-order valence-electron chi connectivity index (χ4n) is 3.27. The Hall–Kier alpha value is -3.08. The van der Waals surface area contributed by atoms with E-state index < -0.39 is 11.7 Å². The number of hydrogen-bond acceptors (Lipinski definition) is 3. The number of hydrogen-bond donors (Lipinski definition) is 1. The third-order valence-electron chi connectivity index (χ3n) is 4.70. The molecular formula is C22H24N2O3. The minimum Gasteiger partial charge on any atom is -0.494 e. The minimum atomic E-state index is -0.950. The number of carbonyl (C=O) groups excluding carboxylic acids is 2. The van der Waals surface area contributed by atoms with Crippen molar-refractivity contribution in [3.05, 3.63) is 65.4 Å². The molecule has 0 fully saturated rings. The summed E-state index contributed by atoms with van der Waals surface area (Å²) in [5, 5.41) is 0.696. The molecule has 0 saturated heterocycles. The van der Waals surface area contributed by atoms with E-state index in [1.54, 1.807) is 0 Å². The highest BCUT2D eigenvalue weighted by Crippen LogP contribution is 2.30. The van der Waals surface area contributed by atoms with E-state index in [0.717, 1.165) is 29.6 Å². The Balaban J connectivity index is 2.11. The molecule has 0 saturated carbocycles. The Morgan fingerprint density at radius 3 is 2.52 bits per heavy atom. The Morgan fingerprint density at radius 2 is 1.85 bits per heavy atom. The number of ketones is 1. The number of Topliss-reactive ketones (excluding diaryl/α,β-unsaturated/α-hetero) is 1. The average molecular weight is 364 g/mol. The quantitative estimate of drug-likeness (QED) is 0.375. The molecule has 2 N–H and O–H groups in total. The van der Waals surface area contributed by atoms with E-state index in [4.69, 9.17) is 10.5 Å². The lowest BCUT2D eigenvalue weighted by atomic mass is 10.1. The number of carbonyl (C=O) groups is 2. The molecule has 0 spiro atoms. The lowest BCUT2D eigenvalue weighted by Crippen LogP contribution is -2.23. The number of nitrogens with two attached hydrogens (primary N) is 1. The molecule has 1 amide bonds. The SMILES string of the molecule is CCCCOc1ccc2c(c1)c(C(=O)C(N)=O)c(C)n2Cc1ccccc1. The van der Waals surface area contributed by atoms with Crippen LogP contribution in [0.1, 0.15) is 41.4 Å². The van der Waals surface area contributed by atoms with Crippen molar-refractivity contribution in [1.82, 2.24) is 4.57 Å². The maximum absolute atomic E-state index is 12.5. The van der Waals surface area contributed by atoms with Crippen LogP contribution in [0.4, 0.5) is 0 Å². The number of benzene rings is 2. The molecule has 0 unspecified atom stereocenters. The molecule has 0 aliphatic rings. The van der Waals surface area contributed by atoms with Gasteiger partial charge in [0.2, 0.25) is 0 Å². The first-order valence-electron chi connectivity index (χ1n) is 9.16. The van der Waals surface area contributed by atoms with E-state index in [0.29, 0.717) is 29.9 Å². The molecule has 0 radical (unpaired) electrons. The third kappa shape index (κ3) is 3.87. The van der Waals surface area contributed by atoms with Crippen LogP contribution < -0.4 is 10.5 Å². The second-order valence-electron chi connectivity index (χ2n) is 6.61. The van der Waals surface area contributed by atoms with Crippen LogP contribution in [0.3, 0.4) is 0 Å². The highest BCUT2D eigenvalue weighted by Gasteiger charge is 2.24. The molecule has 0 aliphatic carbocycles. The van der Waals surface area contributed by atoms with Gasteiger partial charge in [-0.15, -0.1) is 0 Å². The van der Waals surface area contributed by atoms with E-state index >= 15 is 0 Å². The summed E-state index contributed by atoms with van der Waals surface area (Å²) in [6.45, 7) is 5.16. The molecular weight excluding hydrogens is 340 g/mol. The summed E-state index contributed by atoms with van der Waals surface area (Å²) in [6, 6.07) is 15.6. The van der Waals surface area contributed by atoms with Gasteiger partial charge < -0.3 is 15.0 Å². The average Bonchev–Trinajstić information content (AvgIpc) is 2.93. The van der Waals surface area contributed by atoms with Gasteiger partial charge in [-0.1, -0.05) is 43.7 Å². The van der Waals surface area contributed by atoms with Crippen LogP contribution >= 0.6 is 0 Å². The number of nitrogens with zero attached hydrogens (tertiary/aromatic N) is 1. The summed E-state index contributed by atoms with van der Waals surface area (Å²) in [6.07, 6.45) is 2.00. The van der Waals surface area contributed by atoms with E-state index in [1.807, 2.05) is 60.0 Å². The fourth-order valence-corrected chi connectivity index (χ4v) is 3.27. The van der Waals surface area contributed by atoms with Gasteiger partial charge in [-0.2, -0.15) is 0 Å². The van der Waals surface area contributed by atoms with Gasteiger partial charge in [0.25, 0.3) is 11.7 Å². The van der Waals surface area contributed by atoms with Crippen molar-refractivity contribution in [2.75, 3.05) is 6.61 Å². The molecule has 0 bridgehead atoms. The van der Waals surface area contributed by atoms with Gasteiger partial charge in [-0.05, 0) is 37.1 Å². The second kappa shape index (κ2) is 8.08. The summed E-state index contributed by atoms with van der Waals surface area (Å²) in [7, 11) is 0. The van der Waals surface area contributed by atoms with E-state index in [1.165, 1.54) is 0 Å². The lowest BCUT2D eigenvalue weighted by molar-refractivity contribution is -0.114. The van der Waals surface area contributed by atoms with Gasteiger partial charge >= 0.3 is 0 Å². The molecule has 2 aromatic carbocycles. The van der Waals surface area contributed by atoms with E-state index in [9.17, 15) is 9.59 Å². The monoisotopic (exact) mass is 364 g/mol. The Kier molecular flexibility index (Phi) is 5.60. The van der Waals surface area contributed by atoms with Crippen molar-refractivity contribution in [3.63, 3.8) is 0 Å². The first kappa shape index (κ1) is 18.7. The molecule has 0 aliphatic heterocycles. The molecule has 1 aromatic heterocycles. The number of rotatable bonds is 8. The molecule has 140 valence electrons. The zero-order valence-corrected chi connectivity index (χ0v) is 15.7. The number of aromatic nitrogens is 1. The summed E-state index contributed by atoms with van der Waals surface area (Å²) in [4.78, 5) is 24.1. The molecule has 1 heterocycles. The van der Waals surface area contributed by atoms with E-state index in [-0.39, 0.29) is 0 Å². The molecule has 27 heavy (non-hydrogen) atoms. The van der Waals surface area contributed by atoms with Crippen LogP contribution in [0.2, 0.25) is 0 Å². The zero-order valence-electron chi connectivity index (χ0n) is 15.7. The second-order valence-corrected chi connectivity index (χ2v) is 6.61. The molecule has 0 atom stereocenters. The summed E-state index contributed by atoms with van der Waals surface area (Å²) >= 11 is 0. The van der Waals surface area contributed by atoms with Crippen LogP contribution in [0.15, 0.2) is 48.5 Å². The van der Waals surface area contributed by atoms with Gasteiger partial charge in [0.15, 0.2) is 0 Å². The highest BCUT2D eigenvalue weighted by molar-refractivity contribution is 6.44. The van der Waals surface area contributed by atoms with Crippen LogP contribution in [0, 0.1) is 6.92 Å². The predicted molar refractivity (Wildman–Crippen MR) is 106 cm³/mol. The van der Waals surface area contributed by atoms with Gasteiger partial charge in [0.05, 0.1) is 12.2 Å². The summed E-state index contributed by atoms with van der Waals surface area (Å²) in [5.41, 5.74) is 8.37. The van der Waals surface area contributed by atoms with Crippen molar-refractivity contribution in [2.24, 2.45) is 5.73 Å². The summed E-state index contributed by atoms with van der Waals surface area (Å²) in [5.74, 6) is -0.935. The maximum atomic E-state index is 12.5. The minimum absolute atomic E-state index is 0.356. The summed E-state index contributed by atoms with van der Waals surface area (Å²) < 4.78 is 7.82. The van der Waals surface area contributed by atoms with Crippen LogP contribution in [-0.4, -0.2) is 22.9 Å². The van der Waals surface area contributed by atoms with E-state index in [2.05, 4.69) is 6.92 Å². The number of ether oxygens (including phenoxy) is 1. The van der Waals surface area contributed by atoms with Crippen molar-refractivity contribution < 1.29 is 14.3 Å². The number of unbranched alkanes of at least 4 members (excludes halogenated alkanes) is 1. The van der Waals surface area contributed by atoms with Crippen LogP contribution in [0.25, 0.3) is 10.9 Å². The van der Waals surface area contributed by atoms with Crippen LogP contribution in [-0.2, 0) is 11.3 Å². The lowest BCUT2D eigenvalue weighted by Gasteiger charge is -2.09. The van der Waals surface area contributed by atoms with Crippen molar-refractivity contribution in [3.8, 4) is 5.75 Å². The number of amides is 1. The van der Waals surface area contributed by atoms with Crippen molar-refractivity contribution >= 4 is 22.6 Å². The Bertz CT molecular complexity index is 974. The van der Waals surface area contributed by atoms with Gasteiger partial charge in [0, 0.05) is 23.1 Å². The third-order valence-corrected chi connectivity index (χ3v) is 4.70. The standard InChI is InChI=1S/C22H24N2O3/c1-3-4-12-27-17-10-11-19-18(13-17)20(21(25)22(23)26)15(2)24(19)14-16-8-6-5-7-9-16/h5-11,13H,3-4,12,14H2,1-2H3,(H2,23,26). The first-order valence-corrected chi connectivity index (χ1v) is 9.16. The first-order chi connectivity index (χ1) is 13.0. The number of fused-ring (bicyclic) bond motifs is 1. The predicted octanol–water partition coefficient (Wildman–Crippen LogP) is 3.84. The normalized spacial score (nSPS) is 10.9. The topological polar surface area (TPSA) is 74.3 Å². The van der Waals surface area contributed by atoms with Crippen molar-refractivity contribution in [2.45, 2.75) is 33.2 Å². The van der Waals surface area contributed by atoms with Gasteiger partial charge in [0.1, 0.15) is 5.75 Å². The Labute approximate surface area is 158 Å². The Morgan fingerprint density at radius 1 is 1.11 bits per heavy atom. The highest BCUT2D eigenvalue weighted by atomic mass is 16.5. The maximum Gasteiger partial charge on any atom is 0.289 e. The van der Waals surface area contributed by atoms with Gasteiger partial charge in [-0.25, -0.2) is 0 Å². The van der Waals surface area contributed by atoms with Crippen molar-refractivity contribution in [1.29, 1.82) is 0 Å². The van der Waals surface area contributed by atoms with Crippen LogP contribution in [0.5, 0.6) is 5.75 Å². The fraction of sp³-hybridized carbons (Fsp3) is 0.273. The molecule has 5 heteroatoms.